The van der Waals surface area contributed by atoms with Crippen LogP contribution in [-0.4, -0.2) is 38.3 Å². The number of aromatic nitrogens is 1. The van der Waals surface area contributed by atoms with Gasteiger partial charge in [-0.15, -0.1) is 11.3 Å². The van der Waals surface area contributed by atoms with E-state index in [-0.39, 0.29) is 0 Å². The van der Waals surface area contributed by atoms with Crippen molar-refractivity contribution in [2.75, 3.05) is 32.2 Å². The Morgan fingerprint density at radius 3 is 2.52 bits per heavy atom. The molecule has 5 heteroatoms. The molecule has 0 aliphatic carbocycles. The van der Waals surface area contributed by atoms with E-state index in [1.54, 1.807) is 7.11 Å². The Morgan fingerprint density at radius 2 is 2.00 bits per heavy atom. The van der Waals surface area contributed by atoms with Crippen molar-refractivity contribution in [3.63, 3.8) is 0 Å². The van der Waals surface area contributed by atoms with Gasteiger partial charge in [0.1, 0.15) is 0 Å². The van der Waals surface area contributed by atoms with E-state index >= 15 is 0 Å². The number of rotatable bonds is 10. The van der Waals surface area contributed by atoms with Crippen molar-refractivity contribution >= 4 is 16.5 Å². The van der Waals surface area contributed by atoms with E-state index in [2.05, 4.69) is 37.9 Å². The first-order valence-corrected chi connectivity index (χ1v) is 8.80. The van der Waals surface area contributed by atoms with E-state index in [4.69, 9.17) is 9.72 Å². The van der Waals surface area contributed by atoms with Gasteiger partial charge in [0.2, 0.25) is 0 Å². The maximum Gasteiger partial charge on any atom is 0.186 e. The highest BCUT2D eigenvalue weighted by atomic mass is 32.1. The highest BCUT2D eigenvalue weighted by Gasteiger charge is 2.21. The predicted molar refractivity (Wildman–Crippen MR) is 92.6 cm³/mol. The lowest BCUT2D eigenvalue weighted by Gasteiger charge is -2.27. The number of nitrogens with one attached hydrogen (secondary N) is 1. The molecule has 1 N–H and O–H groups in total. The summed E-state index contributed by atoms with van der Waals surface area (Å²) in [7, 11) is 3.75. The van der Waals surface area contributed by atoms with Crippen LogP contribution < -0.4 is 10.2 Å². The molecule has 2 atom stereocenters. The van der Waals surface area contributed by atoms with E-state index in [0.29, 0.717) is 12.0 Å². The van der Waals surface area contributed by atoms with Crippen LogP contribution in [0.25, 0.3) is 0 Å². The molecule has 0 aliphatic heterocycles. The summed E-state index contributed by atoms with van der Waals surface area (Å²) in [6.07, 6.45) is 2.24. The van der Waals surface area contributed by atoms with Crippen molar-refractivity contribution < 1.29 is 4.74 Å². The highest BCUT2D eigenvalue weighted by molar-refractivity contribution is 7.15. The lowest BCUT2D eigenvalue weighted by molar-refractivity contribution is 0.203. The Bertz CT molecular complexity index is 408. The average Bonchev–Trinajstić information content (AvgIpc) is 2.90. The highest BCUT2D eigenvalue weighted by Crippen LogP contribution is 2.33. The van der Waals surface area contributed by atoms with Crippen molar-refractivity contribution in [2.24, 2.45) is 0 Å². The number of thiazole rings is 1. The van der Waals surface area contributed by atoms with Crippen molar-refractivity contribution in [1.82, 2.24) is 10.3 Å². The van der Waals surface area contributed by atoms with Gasteiger partial charge in [0.15, 0.2) is 5.13 Å². The minimum atomic E-state index is 0.485. The molecule has 0 spiro atoms. The SMILES string of the molecule is CCC(C)c1nc(N(CCOC)C(C)CC)sc1CNC. The Hall–Kier alpha value is -0.650. The Morgan fingerprint density at radius 1 is 1.29 bits per heavy atom. The van der Waals surface area contributed by atoms with Crippen LogP contribution in [0.2, 0.25) is 0 Å². The van der Waals surface area contributed by atoms with Gasteiger partial charge in [0.05, 0.1) is 12.3 Å². The van der Waals surface area contributed by atoms with E-state index in [1.165, 1.54) is 10.6 Å². The fraction of sp³-hybridized carbons (Fsp3) is 0.812. The summed E-state index contributed by atoms with van der Waals surface area (Å²) in [6.45, 7) is 11.5. The summed E-state index contributed by atoms with van der Waals surface area (Å²) < 4.78 is 5.26. The predicted octanol–water partition coefficient (Wildman–Crippen LogP) is 3.63. The van der Waals surface area contributed by atoms with Crippen LogP contribution in [0.3, 0.4) is 0 Å². The minimum absolute atomic E-state index is 0.485. The molecule has 0 aliphatic rings. The van der Waals surface area contributed by atoms with Gasteiger partial charge in [-0.1, -0.05) is 20.8 Å². The molecule has 21 heavy (non-hydrogen) atoms. The summed E-state index contributed by atoms with van der Waals surface area (Å²) in [5, 5.41) is 4.41. The molecule has 0 amide bonds. The van der Waals surface area contributed by atoms with Crippen molar-refractivity contribution in [1.29, 1.82) is 0 Å². The molecule has 0 bridgehead atoms. The van der Waals surface area contributed by atoms with Crippen LogP contribution in [0.15, 0.2) is 0 Å². The third-order valence-electron chi connectivity index (χ3n) is 4.04. The summed E-state index contributed by atoms with van der Waals surface area (Å²) in [4.78, 5) is 8.73. The second kappa shape index (κ2) is 9.38. The number of nitrogens with zero attached hydrogens (tertiary/aromatic N) is 2. The second-order valence-electron chi connectivity index (χ2n) is 5.59. The number of ether oxygens (including phenoxy) is 1. The molecular weight excluding hydrogens is 282 g/mol. The quantitative estimate of drug-likeness (QED) is 0.716. The molecule has 1 heterocycles. The zero-order valence-electron chi connectivity index (χ0n) is 14.4. The smallest absolute Gasteiger partial charge is 0.186 e. The molecule has 1 aromatic heterocycles. The molecule has 2 unspecified atom stereocenters. The lowest BCUT2D eigenvalue weighted by atomic mass is 10.0. The third kappa shape index (κ3) is 4.94. The standard InChI is InChI=1S/C16H31N3OS/c1-7-12(3)15-14(11-17-5)21-16(18-15)19(9-10-20-6)13(4)8-2/h12-13,17H,7-11H2,1-6H3. The van der Waals surface area contributed by atoms with Crippen LogP contribution >= 0.6 is 11.3 Å². The van der Waals surface area contributed by atoms with Crippen molar-refractivity contribution in [3.8, 4) is 0 Å². The summed E-state index contributed by atoms with van der Waals surface area (Å²) in [5.41, 5.74) is 1.26. The first-order valence-electron chi connectivity index (χ1n) is 7.98. The summed E-state index contributed by atoms with van der Waals surface area (Å²) in [6, 6.07) is 0.485. The topological polar surface area (TPSA) is 37.4 Å². The third-order valence-corrected chi connectivity index (χ3v) is 5.15. The van der Waals surface area contributed by atoms with E-state index in [0.717, 1.165) is 37.7 Å². The van der Waals surface area contributed by atoms with Gasteiger partial charge in [-0.2, -0.15) is 0 Å². The van der Waals surface area contributed by atoms with Gasteiger partial charge < -0.3 is 15.0 Å². The molecule has 0 saturated carbocycles. The van der Waals surface area contributed by atoms with Crippen molar-refractivity contribution in [2.45, 2.75) is 59.0 Å². The molecule has 4 nitrogen and oxygen atoms in total. The van der Waals surface area contributed by atoms with Crippen LogP contribution in [0.5, 0.6) is 0 Å². The second-order valence-corrected chi connectivity index (χ2v) is 6.65. The molecule has 1 rings (SSSR count). The Kier molecular flexibility index (Phi) is 8.22. The van der Waals surface area contributed by atoms with Gasteiger partial charge in [0, 0.05) is 31.1 Å². The average molecular weight is 314 g/mol. The Labute approximate surface area is 133 Å². The van der Waals surface area contributed by atoms with Gasteiger partial charge >= 0.3 is 0 Å². The van der Waals surface area contributed by atoms with E-state index in [1.807, 2.05) is 18.4 Å². The minimum Gasteiger partial charge on any atom is -0.383 e. The Balaban J connectivity index is 3.06. The number of methoxy groups -OCH3 is 1. The molecule has 0 saturated heterocycles. The summed E-state index contributed by atoms with van der Waals surface area (Å²) in [5.74, 6) is 0.513. The van der Waals surface area contributed by atoms with Gasteiger partial charge in [-0.3, -0.25) is 0 Å². The maximum atomic E-state index is 5.26. The first kappa shape index (κ1) is 18.4. The molecule has 1 aromatic rings. The monoisotopic (exact) mass is 313 g/mol. The molecule has 0 fully saturated rings. The number of hydrogen-bond donors (Lipinski definition) is 1. The molecular formula is C16H31N3OS. The van der Waals surface area contributed by atoms with Crippen LogP contribution in [0.4, 0.5) is 5.13 Å². The van der Waals surface area contributed by atoms with E-state index < -0.39 is 0 Å². The maximum absolute atomic E-state index is 5.26. The zero-order chi connectivity index (χ0) is 15.8. The van der Waals surface area contributed by atoms with E-state index in [9.17, 15) is 0 Å². The van der Waals surface area contributed by atoms with Crippen LogP contribution in [0.1, 0.15) is 57.0 Å². The summed E-state index contributed by atoms with van der Waals surface area (Å²) >= 11 is 1.83. The zero-order valence-corrected chi connectivity index (χ0v) is 15.2. The van der Waals surface area contributed by atoms with Gasteiger partial charge in [-0.25, -0.2) is 4.98 Å². The molecule has 122 valence electrons. The molecule has 0 radical (unpaired) electrons. The number of hydrogen-bond acceptors (Lipinski definition) is 5. The fourth-order valence-electron chi connectivity index (χ4n) is 2.25. The van der Waals surface area contributed by atoms with Gasteiger partial charge in [-0.05, 0) is 32.7 Å². The van der Waals surface area contributed by atoms with Crippen LogP contribution in [0, 0.1) is 0 Å². The van der Waals surface area contributed by atoms with Crippen LogP contribution in [-0.2, 0) is 11.3 Å². The molecule has 0 aromatic carbocycles. The van der Waals surface area contributed by atoms with Crippen molar-refractivity contribution in [3.05, 3.63) is 10.6 Å². The van der Waals surface area contributed by atoms with Gasteiger partial charge in [0.25, 0.3) is 0 Å². The lowest BCUT2D eigenvalue weighted by Crippen LogP contribution is -2.35. The normalized spacial score (nSPS) is 14.2. The largest absolute Gasteiger partial charge is 0.383 e. The fourth-order valence-corrected chi connectivity index (χ4v) is 3.57. The first-order chi connectivity index (χ1) is 10.1. The number of anilines is 1.